The molecule has 2 rings (SSSR count). The van der Waals surface area contributed by atoms with E-state index in [1.165, 1.54) is 0 Å². The predicted molar refractivity (Wildman–Crippen MR) is 90.7 cm³/mol. The van der Waals surface area contributed by atoms with Crippen LogP contribution in [-0.4, -0.2) is 12.0 Å². The average Bonchev–Trinajstić information content (AvgIpc) is 2.49. The first-order valence-corrected chi connectivity index (χ1v) is 7.70. The number of nitrogens with one attached hydrogen (secondary N) is 1. The number of halogens is 1. The number of rotatable bonds is 5. The van der Waals surface area contributed by atoms with Gasteiger partial charge in [-0.3, -0.25) is 4.79 Å². The number of carbonyl (C=O) groups excluding carboxylic acids is 1. The van der Waals surface area contributed by atoms with Crippen LogP contribution in [0.15, 0.2) is 42.5 Å². The number of hydrogen-bond donors (Lipinski definition) is 1. The van der Waals surface area contributed by atoms with E-state index < -0.39 is 6.10 Å². The molecule has 0 saturated heterocycles. The molecule has 0 aliphatic rings. The van der Waals surface area contributed by atoms with Crippen LogP contribution in [0, 0.1) is 6.92 Å². The van der Waals surface area contributed by atoms with Gasteiger partial charge in [0, 0.05) is 10.7 Å². The molecular weight excluding hydrogens is 298 g/mol. The Balaban J connectivity index is 2.09. The minimum absolute atomic E-state index is 0.177. The van der Waals surface area contributed by atoms with E-state index in [1.54, 1.807) is 31.2 Å². The van der Waals surface area contributed by atoms with Crippen LogP contribution in [0.25, 0.3) is 0 Å². The highest BCUT2D eigenvalue weighted by Gasteiger charge is 2.17. The van der Waals surface area contributed by atoms with Gasteiger partial charge in [0.15, 0.2) is 6.10 Å². The fourth-order valence-corrected chi connectivity index (χ4v) is 2.41. The Labute approximate surface area is 136 Å². The maximum absolute atomic E-state index is 12.4. The highest BCUT2D eigenvalue weighted by molar-refractivity contribution is 6.30. The molecule has 0 spiro atoms. The zero-order chi connectivity index (χ0) is 16.1. The van der Waals surface area contributed by atoms with Crippen molar-refractivity contribution in [2.45, 2.75) is 33.3 Å². The van der Waals surface area contributed by atoms with Crippen molar-refractivity contribution in [3.05, 3.63) is 58.6 Å². The first kappa shape index (κ1) is 16.4. The summed E-state index contributed by atoms with van der Waals surface area (Å²) in [6, 6.07) is 13.0. The van der Waals surface area contributed by atoms with Crippen molar-refractivity contribution in [2.24, 2.45) is 0 Å². The van der Waals surface area contributed by atoms with Crippen LogP contribution in [0.5, 0.6) is 5.75 Å². The van der Waals surface area contributed by atoms with Crippen molar-refractivity contribution in [2.75, 3.05) is 5.32 Å². The van der Waals surface area contributed by atoms with Crippen LogP contribution in [0.2, 0.25) is 5.02 Å². The van der Waals surface area contributed by atoms with Gasteiger partial charge in [-0.25, -0.2) is 0 Å². The molecule has 2 aromatic carbocycles. The van der Waals surface area contributed by atoms with Crippen LogP contribution in [-0.2, 0) is 11.2 Å². The van der Waals surface area contributed by atoms with Gasteiger partial charge in [0.2, 0.25) is 0 Å². The second kappa shape index (κ2) is 7.32. The first-order valence-electron chi connectivity index (χ1n) is 7.33. The Morgan fingerprint density at radius 1 is 1.27 bits per heavy atom. The molecule has 0 unspecified atom stereocenters. The Morgan fingerprint density at radius 2 is 2.00 bits per heavy atom. The van der Waals surface area contributed by atoms with Crippen molar-refractivity contribution in [3.63, 3.8) is 0 Å². The van der Waals surface area contributed by atoms with E-state index >= 15 is 0 Å². The molecule has 0 heterocycles. The Morgan fingerprint density at radius 3 is 2.68 bits per heavy atom. The Bertz CT molecular complexity index is 670. The lowest BCUT2D eigenvalue weighted by Gasteiger charge is -2.17. The lowest BCUT2D eigenvalue weighted by atomic mass is 10.1. The number of anilines is 1. The van der Waals surface area contributed by atoms with Crippen molar-refractivity contribution in [1.29, 1.82) is 0 Å². The van der Waals surface area contributed by atoms with Gasteiger partial charge < -0.3 is 10.1 Å². The van der Waals surface area contributed by atoms with Crippen LogP contribution in [0.4, 0.5) is 5.69 Å². The molecule has 116 valence electrons. The van der Waals surface area contributed by atoms with Crippen LogP contribution < -0.4 is 10.1 Å². The minimum Gasteiger partial charge on any atom is -0.481 e. The normalized spacial score (nSPS) is 11.8. The number of ether oxygens (including phenoxy) is 1. The van der Waals surface area contributed by atoms with E-state index in [-0.39, 0.29) is 5.91 Å². The molecule has 0 saturated carbocycles. The molecule has 2 aromatic rings. The number of para-hydroxylation sites is 1. The zero-order valence-electron chi connectivity index (χ0n) is 13.0. The second-order valence-corrected chi connectivity index (χ2v) is 5.61. The molecule has 0 bridgehead atoms. The van der Waals surface area contributed by atoms with Gasteiger partial charge >= 0.3 is 0 Å². The molecule has 0 fully saturated rings. The Hall–Kier alpha value is -2.00. The van der Waals surface area contributed by atoms with Crippen molar-refractivity contribution < 1.29 is 9.53 Å². The molecule has 3 nitrogen and oxygen atoms in total. The molecule has 0 aliphatic heterocycles. The van der Waals surface area contributed by atoms with E-state index in [1.807, 2.05) is 25.1 Å². The van der Waals surface area contributed by atoms with Gasteiger partial charge in [-0.2, -0.15) is 0 Å². The third-order valence-electron chi connectivity index (χ3n) is 3.47. The maximum Gasteiger partial charge on any atom is 0.265 e. The summed E-state index contributed by atoms with van der Waals surface area (Å²) in [7, 11) is 0. The summed E-state index contributed by atoms with van der Waals surface area (Å²) in [5.41, 5.74) is 3.03. The largest absolute Gasteiger partial charge is 0.481 e. The third kappa shape index (κ3) is 4.01. The van der Waals surface area contributed by atoms with E-state index in [2.05, 4.69) is 12.2 Å². The fourth-order valence-electron chi connectivity index (χ4n) is 2.22. The van der Waals surface area contributed by atoms with Gasteiger partial charge in [-0.1, -0.05) is 42.8 Å². The molecule has 1 amide bonds. The smallest absolute Gasteiger partial charge is 0.265 e. The molecule has 4 heteroatoms. The van der Waals surface area contributed by atoms with Gasteiger partial charge in [0.25, 0.3) is 5.91 Å². The standard InChI is InChI=1S/C18H20ClNO2/c1-4-14-8-5-7-12(2)17(14)20-18(21)13(3)22-16-10-6-9-15(19)11-16/h5-11,13H,4H2,1-3H3,(H,20,21)/t13-/m1/s1. The number of hydrogen-bond acceptors (Lipinski definition) is 2. The molecule has 0 radical (unpaired) electrons. The molecule has 1 atom stereocenters. The van der Waals surface area contributed by atoms with Gasteiger partial charge in [-0.15, -0.1) is 0 Å². The third-order valence-corrected chi connectivity index (χ3v) is 3.70. The minimum atomic E-state index is -0.609. The van der Waals surface area contributed by atoms with Gasteiger partial charge in [0.1, 0.15) is 5.75 Å². The summed E-state index contributed by atoms with van der Waals surface area (Å²) in [5, 5.41) is 3.55. The number of carbonyl (C=O) groups is 1. The molecule has 0 aliphatic carbocycles. The van der Waals surface area contributed by atoms with Crippen molar-refractivity contribution >= 4 is 23.2 Å². The summed E-state index contributed by atoms with van der Waals surface area (Å²) in [4.78, 5) is 12.4. The van der Waals surface area contributed by atoms with Gasteiger partial charge in [0.05, 0.1) is 0 Å². The summed E-state index contributed by atoms with van der Waals surface area (Å²) in [5.74, 6) is 0.402. The van der Waals surface area contributed by atoms with Crippen LogP contribution >= 0.6 is 11.6 Å². The van der Waals surface area contributed by atoms with E-state index in [0.29, 0.717) is 10.8 Å². The number of benzene rings is 2. The molecular formula is C18H20ClNO2. The SMILES string of the molecule is CCc1cccc(C)c1NC(=O)[C@@H](C)Oc1cccc(Cl)c1. The first-order chi connectivity index (χ1) is 10.5. The average molecular weight is 318 g/mol. The monoisotopic (exact) mass is 317 g/mol. The quantitative estimate of drug-likeness (QED) is 0.874. The van der Waals surface area contributed by atoms with Crippen molar-refractivity contribution in [3.8, 4) is 5.75 Å². The summed E-state index contributed by atoms with van der Waals surface area (Å²) < 4.78 is 5.65. The molecule has 0 aromatic heterocycles. The highest BCUT2D eigenvalue weighted by atomic mass is 35.5. The topological polar surface area (TPSA) is 38.3 Å². The summed E-state index contributed by atoms with van der Waals surface area (Å²) in [6.07, 6.45) is 0.253. The number of aryl methyl sites for hydroxylation is 2. The molecule has 22 heavy (non-hydrogen) atoms. The lowest BCUT2D eigenvalue weighted by Crippen LogP contribution is -2.30. The fraction of sp³-hybridized carbons (Fsp3) is 0.278. The predicted octanol–water partition coefficient (Wildman–Crippen LogP) is 4.62. The van der Waals surface area contributed by atoms with Crippen LogP contribution in [0.1, 0.15) is 25.0 Å². The summed E-state index contributed by atoms with van der Waals surface area (Å²) in [6.45, 7) is 5.77. The summed E-state index contributed by atoms with van der Waals surface area (Å²) >= 11 is 5.92. The van der Waals surface area contributed by atoms with Gasteiger partial charge in [-0.05, 0) is 49.6 Å². The Kier molecular flexibility index (Phi) is 5.45. The lowest BCUT2D eigenvalue weighted by molar-refractivity contribution is -0.122. The highest BCUT2D eigenvalue weighted by Crippen LogP contribution is 2.22. The van der Waals surface area contributed by atoms with E-state index in [0.717, 1.165) is 23.2 Å². The number of amides is 1. The van der Waals surface area contributed by atoms with Crippen LogP contribution in [0.3, 0.4) is 0 Å². The maximum atomic E-state index is 12.4. The van der Waals surface area contributed by atoms with E-state index in [9.17, 15) is 4.79 Å². The molecule has 1 N–H and O–H groups in total. The van der Waals surface area contributed by atoms with Crippen molar-refractivity contribution in [1.82, 2.24) is 0 Å². The second-order valence-electron chi connectivity index (χ2n) is 5.17. The zero-order valence-corrected chi connectivity index (χ0v) is 13.8. The van der Waals surface area contributed by atoms with E-state index in [4.69, 9.17) is 16.3 Å².